The summed E-state index contributed by atoms with van der Waals surface area (Å²) in [4.78, 5) is 0. The smallest absolute Gasteiger partial charge is 0.141 e. The van der Waals surface area contributed by atoms with Gasteiger partial charge in [0, 0.05) is 5.38 Å². The van der Waals surface area contributed by atoms with Crippen LogP contribution < -0.4 is 0 Å². The summed E-state index contributed by atoms with van der Waals surface area (Å²) in [5.41, 5.74) is 1.04. The van der Waals surface area contributed by atoms with Crippen molar-refractivity contribution < 1.29 is 4.39 Å². The number of rotatable bonds is 4. The zero-order chi connectivity index (χ0) is 11.4. The molecule has 0 N–H and O–H groups in total. The second-order valence-corrected chi connectivity index (χ2v) is 4.89. The van der Waals surface area contributed by atoms with E-state index in [0.29, 0.717) is 5.92 Å². The molecular weight excluding hydrogens is 234 g/mol. The van der Waals surface area contributed by atoms with E-state index in [1.54, 1.807) is 12.1 Å². The quantitative estimate of drug-likeness (QED) is 0.680. The van der Waals surface area contributed by atoms with Gasteiger partial charge in [-0.3, -0.25) is 0 Å². The highest BCUT2D eigenvalue weighted by Crippen LogP contribution is 2.23. The molecule has 0 spiro atoms. The highest BCUT2D eigenvalue weighted by atomic mass is 35.5. The fraction of sp³-hybridized carbons (Fsp3) is 0.500. The van der Waals surface area contributed by atoms with Gasteiger partial charge in [-0.2, -0.15) is 0 Å². The number of hydrogen-bond acceptors (Lipinski definition) is 0. The molecule has 1 aromatic carbocycles. The molecule has 0 aromatic heterocycles. The predicted molar refractivity (Wildman–Crippen MR) is 64.2 cm³/mol. The third-order valence-corrected chi connectivity index (χ3v) is 3.30. The van der Waals surface area contributed by atoms with E-state index < -0.39 is 0 Å². The Morgan fingerprint density at radius 3 is 2.53 bits per heavy atom. The fourth-order valence-electron chi connectivity index (χ4n) is 1.60. The van der Waals surface area contributed by atoms with Gasteiger partial charge in [0.25, 0.3) is 0 Å². The normalized spacial score (nSPS) is 15.0. The first-order chi connectivity index (χ1) is 7.04. The van der Waals surface area contributed by atoms with Gasteiger partial charge in [0.1, 0.15) is 5.82 Å². The van der Waals surface area contributed by atoms with E-state index in [2.05, 4.69) is 6.92 Å². The highest BCUT2D eigenvalue weighted by molar-refractivity contribution is 6.30. The van der Waals surface area contributed by atoms with Crippen LogP contribution in [0.15, 0.2) is 18.2 Å². The molecule has 0 radical (unpaired) electrons. The topological polar surface area (TPSA) is 0 Å². The Labute approximate surface area is 100 Å². The highest BCUT2D eigenvalue weighted by Gasteiger charge is 2.14. The van der Waals surface area contributed by atoms with Gasteiger partial charge >= 0.3 is 0 Å². The first-order valence-electron chi connectivity index (χ1n) is 5.12. The van der Waals surface area contributed by atoms with E-state index >= 15 is 0 Å². The van der Waals surface area contributed by atoms with Gasteiger partial charge in [-0.15, -0.1) is 11.6 Å². The second-order valence-electron chi connectivity index (χ2n) is 3.80. The molecule has 2 atom stereocenters. The Balaban J connectivity index is 2.75. The van der Waals surface area contributed by atoms with Gasteiger partial charge in [0.2, 0.25) is 0 Å². The molecule has 0 saturated carbocycles. The minimum Gasteiger partial charge on any atom is -0.205 e. The minimum atomic E-state index is -0.368. The molecule has 2 unspecified atom stereocenters. The Bertz CT molecular complexity index is 323. The lowest BCUT2D eigenvalue weighted by atomic mass is 9.94. The van der Waals surface area contributed by atoms with Gasteiger partial charge in [0.15, 0.2) is 0 Å². The average Bonchev–Trinajstić information content (AvgIpc) is 2.19. The summed E-state index contributed by atoms with van der Waals surface area (Å²) >= 11 is 11.8. The number of alkyl halides is 1. The van der Waals surface area contributed by atoms with Crippen molar-refractivity contribution in [2.24, 2.45) is 5.92 Å². The number of hydrogen-bond donors (Lipinski definition) is 0. The standard InChI is InChI=1S/C12H15Cl2F/c1-3-10(8(2)13)6-9-4-5-12(15)11(14)7-9/h4-5,7-8,10H,3,6H2,1-2H3. The summed E-state index contributed by atoms with van der Waals surface area (Å²) in [6.45, 7) is 4.09. The summed E-state index contributed by atoms with van der Waals surface area (Å²) in [5.74, 6) is 0.0422. The molecule has 0 aliphatic rings. The van der Waals surface area contributed by atoms with Crippen molar-refractivity contribution >= 4 is 23.2 Å². The molecule has 0 saturated heterocycles. The minimum absolute atomic E-state index is 0.124. The first kappa shape index (κ1) is 12.8. The Morgan fingerprint density at radius 2 is 2.07 bits per heavy atom. The van der Waals surface area contributed by atoms with Gasteiger partial charge in [-0.1, -0.05) is 31.0 Å². The molecule has 0 fully saturated rings. The molecule has 84 valence electrons. The predicted octanol–water partition coefficient (Wildman–Crippen LogP) is 4.68. The van der Waals surface area contributed by atoms with E-state index in [0.717, 1.165) is 18.4 Å². The zero-order valence-electron chi connectivity index (χ0n) is 8.93. The summed E-state index contributed by atoms with van der Waals surface area (Å²) in [7, 11) is 0. The molecule has 0 heterocycles. The van der Waals surface area contributed by atoms with Crippen LogP contribution in [-0.2, 0) is 6.42 Å². The van der Waals surface area contributed by atoms with Crippen molar-refractivity contribution in [3.63, 3.8) is 0 Å². The third kappa shape index (κ3) is 3.66. The van der Waals surface area contributed by atoms with E-state index in [-0.39, 0.29) is 16.2 Å². The average molecular weight is 249 g/mol. The lowest BCUT2D eigenvalue weighted by Crippen LogP contribution is -2.13. The second kappa shape index (κ2) is 5.72. The van der Waals surface area contributed by atoms with Crippen LogP contribution in [0.25, 0.3) is 0 Å². The maximum absolute atomic E-state index is 12.9. The molecule has 15 heavy (non-hydrogen) atoms. The maximum Gasteiger partial charge on any atom is 0.141 e. The van der Waals surface area contributed by atoms with E-state index in [4.69, 9.17) is 23.2 Å². The van der Waals surface area contributed by atoms with Crippen LogP contribution in [0, 0.1) is 11.7 Å². The summed E-state index contributed by atoms with van der Waals surface area (Å²) in [6, 6.07) is 4.85. The SMILES string of the molecule is CCC(Cc1ccc(F)c(Cl)c1)C(C)Cl. The molecule has 3 heteroatoms. The van der Waals surface area contributed by atoms with Crippen LogP contribution in [0.3, 0.4) is 0 Å². The fourth-order valence-corrected chi connectivity index (χ4v) is 2.07. The van der Waals surface area contributed by atoms with Gasteiger partial charge in [-0.05, 0) is 37.0 Å². The molecule has 1 aromatic rings. The zero-order valence-corrected chi connectivity index (χ0v) is 10.4. The number of benzene rings is 1. The van der Waals surface area contributed by atoms with Crippen molar-refractivity contribution in [2.75, 3.05) is 0 Å². The Kier molecular flexibility index (Phi) is 4.88. The molecule has 0 aliphatic heterocycles. The van der Waals surface area contributed by atoms with Crippen molar-refractivity contribution in [2.45, 2.75) is 32.1 Å². The van der Waals surface area contributed by atoms with Crippen LogP contribution in [0.4, 0.5) is 4.39 Å². The van der Waals surface area contributed by atoms with E-state index in [1.165, 1.54) is 6.07 Å². The molecule has 0 bridgehead atoms. The van der Waals surface area contributed by atoms with Crippen molar-refractivity contribution in [1.29, 1.82) is 0 Å². The van der Waals surface area contributed by atoms with E-state index in [9.17, 15) is 4.39 Å². The van der Waals surface area contributed by atoms with Crippen molar-refractivity contribution in [1.82, 2.24) is 0 Å². The molecule has 0 amide bonds. The van der Waals surface area contributed by atoms with Crippen LogP contribution in [0.2, 0.25) is 5.02 Å². The van der Waals surface area contributed by atoms with Gasteiger partial charge in [-0.25, -0.2) is 4.39 Å². The van der Waals surface area contributed by atoms with E-state index in [1.807, 2.05) is 6.92 Å². The molecule has 0 nitrogen and oxygen atoms in total. The van der Waals surface area contributed by atoms with Crippen molar-refractivity contribution in [3.8, 4) is 0 Å². The molecule has 0 aliphatic carbocycles. The summed E-state index contributed by atoms with van der Waals surface area (Å²) in [5, 5.41) is 0.309. The molecule has 1 rings (SSSR count). The summed E-state index contributed by atoms with van der Waals surface area (Å²) < 4.78 is 12.9. The largest absolute Gasteiger partial charge is 0.205 e. The van der Waals surface area contributed by atoms with Gasteiger partial charge < -0.3 is 0 Å². The molecular formula is C12H15Cl2F. The van der Waals surface area contributed by atoms with Gasteiger partial charge in [0.05, 0.1) is 5.02 Å². The van der Waals surface area contributed by atoms with Crippen LogP contribution in [0.5, 0.6) is 0 Å². The monoisotopic (exact) mass is 248 g/mol. The Morgan fingerprint density at radius 1 is 1.40 bits per heavy atom. The number of halogens is 3. The third-order valence-electron chi connectivity index (χ3n) is 2.66. The summed E-state index contributed by atoms with van der Waals surface area (Å²) in [6.07, 6.45) is 1.86. The van der Waals surface area contributed by atoms with Crippen molar-refractivity contribution in [3.05, 3.63) is 34.6 Å². The van der Waals surface area contributed by atoms with Crippen LogP contribution in [-0.4, -0.2) is 5.38 Å². The van der Waals surface area contributed by atoms with Crippen LogP contribution >= 0.6 is 23.2 Å². The van der Waals surface area contributed by atoms with Crippen LogP contribution in [0.1, 0.15) is 25.8 Å². The first-order valence-corrected chi connectivity index (χ1v) is 5.94. The maximum atomic E-state index is 12.9. The Hall–Kier alpha value is -0.270. The lowest BCUT2D eigenvalue weighted by Gasteiger charge is -2.17. The lowest BCUT2D eigenvalue weighted by molar-refractivity contribution is 0.497.